The Kier molecular flexibility index (Phi) is 7.35. The molecule has 0 aliphatic heterocycles. The highest BCUT2D eigenvalue weighted by atomic mass is 16.5. The molecular formula is C15H23NO. The summed E-state index contributed by atoms with van der Waals surface area (Å²) >= 11 is 0. The van der Waals surface area contributed by atoms with Gasteiger partial charge in [-0.2, -0.15) is 0 Å². The van der Waals surface area contributed by atoms with Crippen LogP contribution in [0.1, 0.15) is 19.4 Å². The smallest absolute Gasteiger partial charge is 0.0651 e. The number of hydrogen-bond acceptors (Lipinski definition) is 2. The molecular weight excluding hydrogens is 210 g/mol. The maximum absolute atomic E-state index is 5.49. The van der Waals surface area contributed by atoms with Crippen molar-refractivity contribution in [2.24, 2.45) is 5.92 Å². The molecule has 0 spiro atoms. The van der Waals surface area contributed by atoms with Crippen molar-refractivity contribution in [1.29, 1.82) is 0 Å². The molecule has 0 saturated heterocycles. The molecule has 1 N–H and O–H groups in total. The first-order valence-electron chi connectivity index (χ1n) is 6.29. The average molecular weight is 233 g/mol. The van der Waals surface area contributed by atoms with Crippen molar-refractivity contribution in [3.63, 3.8) is 0 Å². The molecule has 0 aliphatic carbocycles. The summed E-state index contributed by atoms with van der Waals surface area (Å²) in [6.07, 6.45) is 4.14. The lowest BCUT2D eigenvalue weighted by atomic mass is 10.2. The Hall–Kier alpha value is -1.12. The standard InChI is InChI=1S/C15H23NO/c1-14(2)13-16-10-12-17-11-6-9-15-7-4-3-5-8-15/h3-9,14,16H,10-13H2,1-2H3/b9-6+. The minimum Gasteiger partial charge on any atom is -0.376 e. The van der Waals surface area contributed by atoms with E-state index in [1.807, 2.05) is 18.2 Å². The van der Waals surface area contributed by atoms with Crippen LogP contribution in [0.3, 0.4) is 0 Å². The van der Waals surface area contributed by atoms with Gasteiger partial charge in [0.2, 0.25) is 0 Å². The second-order valence-corrected chi connectivity index (χ2v) is 4.49. The minimum atomic E-state index is 0.679. The predicted octanol–water partition coefficient (Wildman–Crippen LogP) is 2.96. The van der Waals surface area contributed by atoms with Crippen LogP contribution >= 0.6 is 0 Å². The first-order chi connectivity index (χ1) is 8.29. The lowest BCUT2D eigenvalue weighted by Gasteiger charge is -2.06. The lowest BCUT2D eigenvalue weighted by Crippen LogP contribution is -2.23. The molecule has 0 radical (unpaired) electrons. The molecule has 2 heteroatoms. The minimum absolute atomic E-state index is 0.679. The van der Waals surface area contributed by atoms with Crippen LogP contribution in [0.25, 0.3) is 6.08 Å². The third-order valence-corrected chi connectivity index (χ3v) is 2.30. The average Bonchev–Trinajstić information content (AvgIpc) is 2.33. The second kappa shape index (κ2) is 8.97. The molecule has 0 amide bonds. The summed E-state index contributed by atoms with van der Waals surface area (Å²) in [5.41, 5.74) is 1.22. The van der Waals surface area contributed by atoms with Gasteiger partial charge >= 0.3 is 0 Å². The molecule has 0 bridgehead atoms. The van der Waals surface area contributed by atoms with Crippen LogP contribution in [0.2, 0.25) is 0 Å². The fraction of sp³-hybridized carbons (Fsp3) is 0.467. The zero-order valence-corrected chi connectivity index (χ0v) is 10.9. The van der Waals surface area contributed by atoms with Crippen LogP contribution in [0.15, 0.2) is 36.4 Å². The van der Waals surface area contributed by atoms with E-state index in [4.69, 9.17) is 4.74 Å². The lowest BCUT2D eigenvalue weighted by molar-refractivity contribution is 0.163. The van der Waals surface area contributed by atoms with Crippen molar-refractivity contribution in [2.45, 2.75) is 13.8 Å². The quantitative estimate of drug-likeness (QED) is 0.697. The first kappa shape index (κ1) is 13.9. The Balaban J connectivity index is 1.99. The molecule has 2 nitrogen and oxygen atoms in total. The topological polar surface area (TPSA) is 21.3 Å². The van der Waals surface area contributed by atoms with Gasteiger partial charge in [0.15, 0.2) is 0 Å². The molecule has 0 aliphatic rings. The van der Waals surface area contributed by atoms with E-state index < -0.39 is 0 Å². The van der Waals surface area contributed by atoms with Gasteiger partial charge in [0.25, 0.3) is 0 Å². The van der Waals surface area contributed by atoms with Crippen molar-refractivity contribution < 1.29 is 4.74 Å². The number of benzene rings is 1. The van der Waals surface area contributed by atoms with Crippen LogP contribution in [0.5, 0.6) is 0 Å². The van der Waals surface area contributed by atoms with Gasteiger partial charge in [-0.25, -0.2) is 0 Å². The Labute approximate surface area is 105 Å². The summed E-state index contributed by atoms with van der Waals surface area (Å²) < 4.78 is 5.49. The Morgan fingerprint density at radius 3 is 2.71 bits per heavy atom. The van der Waals surface area contributed by atoms with Gasteiger partial charge in [-0.05, 0) is 18.0 Å². The summed E-state index contributed by atoms with van der Waals surface area (Å²) in [6, 6.07) is 10.3. The molecule has 0 fully saturated rings. The third kappa shape index (κ3) is 7.72. The van der Waals surface area contributed by atoms with Crippen LogP contribution < -0.4 is 5.32 Å². The number of hydrogen-bond donors (Lipinski definition) is 1. The molecule has 1 aromatic rings. The van der Waals surface area contributed by atoms with E-state index >= 15 is 0 Å². The summed E-state index contributed by atoms with van der Waals surface area (Å²) in [4.78, 5) is 0. The molecule has 0 unspecified atom stereocenters. The van der Waals surface area contributed by atoms with E-state index in [9.17, 15) is 0 Å². The van der Waals surface area contributed by atoms with Gasteiger partial charge in [-0.3, -0.25) is 0 Å². The molecule has 94 valence electrons. The third-order valence-electron chi connectivity index (χ3n) is 2.30. The Morgan fingerprint density at radius 1 is 1.24 bits per heavy atom. The van der Waals surface area contributed by atoms with E-state index in [2.05, 4.69) is 43.4 Å². The van der Waals surface area contributed by atoms with Crippen molar-refractivity contribution in [3.8, 4) is 0 Å². The fourth-order valence-corrected chi connectivity index (χ4v) is 1.43. The summed E-state index contributed by atoms with van der Waals surface area (Å²) in [7, 11) is 0. The van der Waals surface area contributed by atoms with Crippen molar-refractivity contribution >= 4 is 6.08 Å². The monoisotopic (exact) mass is 233 g/mol. The predicted molar refractivity (Wildman–Crippen MR) is 74.0 cm³/mol. The highest BCUT2D eigenvalue weighted by molar-refractivity contribution is 5.48. The number of ether oxygens (including phenoxy) is 1. The zero-order chi connectivity index (χ0) is 12.3. The highest BCUT2D eigenvalue weighted by Crippen LogP contribution is 2.00. The normalized spacial score (nSPS) is 11.5. The van der Waals surface area contributed by atoms with E-state index in [0.29, 0.717) is 12.5 Å². The number of nitrogens with one attached hydrogen (secondary N) is 1. The molecule has 0 saturated carbocycles. The van der Waals surface area contributed by atoms with Crippen LogP contribution in [-0.4, -0.2) is 26.3 Å². The molecule has 1 aromatic carbocycles. The summed E-state index contributed by atoms with van der Waals surface area (Å²) in [5.74, 6) is 0.702. The number of rotatable bonds is 8. The first-order valence-corrected chi connectivity index (χ1v) is 6.29. The SMILES string of the molecule is CC(C)CNCCOC/C=C/c1ccccc1. The second-order valence-electron chi connectivity index (χ2n) is 4.49. The maximum Gasteiger partial charge on any atom is 0.0651 e. The molecule has 17 heavy (non-hydrogen) atoms. The van der Waals surface area contributed by atoms with Crippen molar-refractivity contribution in [2.75, 3.05) is 26.3 Å². The van der Waals surface area contributed by atoms with Crippen LogP contribution in [0, 0.1) is 5.92 Å². The van der Waals surface area contributed by atoms with E-state index in [1.54, 1.807) is 0 Å². The van der Waals surface area contributed by atoms with E-state index in [1.165, 1.54) is 5.56 Å². The van der Waals surface area contributed by atoms with Crippen LogP contribution in [0.4, 0.5) is 0 Å². The largest absolute Gasteiger partial charge is 0.376 e. The van der Waals surface area contributed by atoms with Crippen molar-refractivity contribution in [1.82, 2.24) is 5.32 Å². The van der Waals surface area contributed by atoms with E-state index in [0.717, 1.165) is 19.7 Å². The molecule has 0 atom stereocenters. The Morgan fingerprint density at radius 2 is 2.00 bits per heavy atom. The van der Waals surface area contributed by atoms with Crippen LogP contribution in [-0.2, 0) is 4.74 Å². The van der Waals surface area contributed by atoms with Gasteiger partial charge in [-0.1, -0.05) is 56.3 Å². The van der Waals surface area contributed by atoms with E-state index in [-0.39, 0.29) is 0 Å². The van der Waals surface area contributed by atoms with Gasteiger partial charge in [-0.15, -0.1) is 0 Å². The van der Waals surface area contributed by atoms with Gasteiger partial charge < -0.3 is 10.1 Å². The summed E-state index contributed by atoms with van der Waals surface area (Å²) in [6.45, 7) is 7.84. The molecule has 1 rings (SSSR count). The van der Waals surface area contributed by atoms with Gasteiger partial charge in [0, 0.05) is 6.54 Å². The maximum atomic E-state index is 5.49. The van der Waals surface area contributed by atoms with Crippen molar-refractivity contribution in [3.05, 3.63) is 42.0 Å². The zero-order valence-electron chi connectivity index (χ0n) is 10.9. The fourth-order valence-electron chi connectivity index (χ4n) is 1.43. The molecule has 0 heterocycles. The van der Waals surface area contributed by atoms with Gasteiger partial charge in [0.1, 0.15) is 0 Å². The highest BCUT2D eigenvalue weighted by Gasteiger charge is 1.91. The summed E-state index contributed by atoms with van der Waals surface area (Å²) in [5, 5.41) is 3.34. The van der Waals surface area contributed by atoms with Gasteiger partial charge in [0.05, 0.1) is 13.2 Å². The molecule has 0 aromatic heterocycles. The Bertz CT molecular complexity index is 306.